The van der Waals surface area contributed by atoms with E-state index in [2.05, 4.69) is 5.10 Å². The number of hydrogen-bond donors (Lipinski definition) is 1. The maximum atomic E-state index is 10.4. The quantitative estimate of drug-likeness (QED) is 0.915. The SMILES string of the molecule is OC(CC1CCOC1)c1ccnn1-c1ccccc1. The molecule has 1 saturated heterocycles. The molecule has 1 aromatic heterocycles. The van der Waals surface area contributed by atoms with E-state index in [1.165, 1.54) is 0 Å². The van der Waals surface area contributed by atoms with Crippen molar-refractivity contribution >= 4 is 0 Å². The number of aliphatic hydroxyl groups is 1. The standard InChI is InChI=1S/C15H18N2O2/c18-15(10-12-7-9-19-11-12)14-6-8-16-17(14)13-4-2-1-3-5-13/h1-6,8,12,15,18H,7,9-11H2. The minimum atomic E-state index is -0.491. The smallest absolute Gasteiger partial charge is 0.0964 e. The van der Waals surface area contributed by atoms with Crippen LogP contribution >= 0.6 is 0 Å². The molecule has 3 rings (SSSR count). The van der Waals surface area contributed by atoms with Crippen molar-refractivity contribution in [3.05, 3.63) is 48.3 Å². The lowest BCUT2D eigenvalue weighted by Crippen LogP contribution is -2.12. The van der Waals surface area contributed by atoms with E-state index in [4.69, 9.17) is 4.74 Å². The largest absolute Gasteiger partial charge is 0.387 e. The Kier molecular flexibility index (Phi) is 3.62. The van der Waals surface area contributed by atoms with E-state index in [9.17, 15) is 5.11 Å². The summed E-state index contributed by atoms with van der Waals surface area (Å²) in [5.41, 5.74) is 1.82. The van der Waals surface area contributed by atoms with Gasteiger partial charge in [-0.05, 0) is 37.0 Å². The molecule has 4 nitrogen and oxygen atoms in total. The van der Waals surface area contributed by atoms with Crippen LogP contribution in [-0.2, 0) is 4.74 Å². The first-order valence-corrected chi connectivity index (χ1v) is 6.70. The van der Waals surface area contributed by atoms with E-state index < -0.39 is 6.10 Å². The molecule has 2 heterocycles. The van der Waals surface area contributed by atoms with Crippen molar-refractivity contribution < 1.29 is 9.84 Å². The molecule has 2 unspecified atom stereocenters. The van der Waals surface area contributed by atoms with E-state index in [1.807, 2.05) is 36.4 Å². The zero-order valence-electron chi connectivity index (χ0n) is 10.8. The van der Waals surface area contributed by atoms with Gasteiger partial charge in [0.25, 0.3) is 0 Å². The van der Waals surface area contributed by atoms with Crippen molar-refractivity contribution in [2.75, 3.05) is 13.2 Å². The Balaban J connectivity index is 1.79. The number of hydrogen-bond acceptors (Lipinski definition) is 3. The molecule has 0 radical (unpaired) electrons. The molecule has 1 aliphatic rings. The molecule has 0 spiro atoms. The number of benzene rings is 1. The second-order valence-corrected chi connectivity index (χ2v) is 4.98. The van der Waals surface area contributed by atoms with Gasteiger partial charge in [0, 0.05) is 19.4 Å². The van der Waals surface area contributed by atoms with Crippen molar-refractivity contribution in [3.8, 4) is 5.69 Å². The fourth-order valence-electron chi connectivity index (χ4n) is 2.56. The topological polar surface area (TPSA) is 47.3 Å². The molecule has 0 aliphatic carbocycles. The van der Waals surface area contributed by atoms with Crippen LogP contribution in [0.4, 0.5) is 0 Å². The predicted octanol–water partition coefficient (Wildman–Crippen LogP) is 2.33. The van der Waals surface area contributed by atoms with E-state index in [0.717, 1.165) is 37.4 Å². The first kappa shape index (κ1) is 12.4. The molecule has 1 aliphatic heterocycles. The molecule has 1 aromatic carbocycles. The van der Waals surface area contributed by atoms with Crippen LogP contribution < -0.4 is 0 Å². The summed E-state index contributed by atoms with van der Waals surface area (Å²) < 4.78 is 7.16. The van der Waals surface area contributed by atoms with E-state index >= 15 is 0 Å². The molecule has 1 N–H and O–H groups in total. The van der Waals surface area contributed by atoms with Crippen LogP contribution in [0.1, 0.15) is 24.6 Å². The van der Waals surface area contributed by atoms with Gasteiger partial charge in [-0.1, -0.05) is 18.2 Å². The average molecular weight is 258 g/mol. The number of para-hydroxylation sites is 1. The highest BCUT2D eigenvalue weighted by molar-refractivity contribution is 5.32. The van der Waals surface area contributed by atoms with Crippen LogP contribution in [0.25, 0.3) is 5.69 Å². The zero-order valence-corrected chi connectivity index (χ0v) is 10.8. The minimum absolute atomic E-state index is 0.453. The summed E-state index contributed by atoms with van der Waals surface area (Å²) in [6.45, 7) is 1.58. The molecule has 1 fully saturated rings. The summed E-state index contributed by atoms with van der Waals surface area (Å²) in [6, 6.07) is 11.8. The summed E-state index contributed by atoms with van der Waals surface area (Å²) in [7, 11) is 0. The highest BCUT2D eigenvalue weighted by Crippen LogP contribution is 2.27. The van der Waals surface area contributed by atoms with Gasteiger partial charge in [-0.25, -0.2) is 4.68 Å². The number of nitrogens with zero attached hydrogens (tertiary/aromatic N) is 2. The van der Waals surface area contributed by atoms with Crippen LogP contribution in [0.3, 0.4) is 0 Å². The lowest BCUT2D eigenvalue weighted by molar-refractivity contribution is 0.124. The maximum absolute atomic E-state index is 10.4. The zero-order chi connectivity index (χ0) is 13.1. The van der Waals surface area contributed by atoms with Crippen LogP contribution in [-0.4, -0.2) is 28.1 Å². The van der Waals surface area contributed by atoms with Gasteiger partial charge in [-0.15, -0.1) is 0 Å². The first-order chi connectivity index (χ1) is 9.34. The van der Waals surface area contributed by atoms with Gasteiger partial charge in [0.2, 0.25) is 0 Å². The number of ether oxygens (including phenoxy) is 1. The third-order valence-corrected chi connectivity index (χ3v) is 3.59. The average Bonchev–Trinajstić information content (AvgIpc) is 3.10. The molecule has 19 heavy (non-hydrogen) atoms. The molecular weight excluding hydrogens is 240 g/mol. The van der Waals surface area contributed by atoms with Crippen molar-refractivity contribution in [1.82, 2.24) is 9.78 Å². The van der Waals surface area contributed by atoms with Crippen LogP contribution in [0.2, 0.25) is 0 Å². The lowest BCUT2D eigenvalue weighted by Gasteiger charge is -2.16. The number of aliphatic hydroxyl groups excluding tert-OH is 1. The fraction of sp³-hybridized carbons (Fsp3) is 0.400. The van der Waals surface area contributed by atoms with Gasteiger partial charge in [0.15, 0.2) is 0 Å². The van der Waals surface area contributed by atoms with E-state index in [1.54, 1.807) is 10.9 Å². The van der Waals surface area contributed by atoms with E-state index in [-0.39, 0.29) is 0 Å². The Hall–Kier alpha value is -1.65. The van der Waals surface area contributed by atoms with Gasteiger partial charge in [-0.3, -0.25) is 0 Å². The Morgan fingerprint density at radius 2 is 2.16 bits per heavy atom. The molecule has 0 amide bonds. The first-order valence-electron chi connectivity index (χ1n) is 6.70. The Labute approximate surface area is 112 Å². The molecule has 2 aromatic rings. The summed E-state index contributed by atoms with van der Waals surface area (Å²) in [5, 5.41) is 14.7. The Morgan fingerprint density at radius 3 is 2.89 bits per heavy atom. The van der Waals surface area contributed by atoms with Gasteiger partial charge < -0.3 is 9.84 Å². The van der Waals surface area contributed by atoms with E-state index in [0.29, 0.717) is 5.92 Å². The molecule has 0 saturated carbocycles. The van der Waals surface area contributed by atoms with Crippen molar-refractivity contribution in [2.24, 2.45) is 5.92 Å². The third-order valence-electron chi connectivity index (χ3n) is 3.59. The maximum Gasteiger partial charge on any atom is 0.0964 e. The Bertz CT molecular complexity index is 518. The third kappa shape index (κ3) is 2.69. The number of rotatable bonds is 4. The minimum Gasteiger partial charge on any atom is -0.387 e. The summed E-state index contributed by atoms with van der Waals surface area (Å²) in [5.74, 6) is 0.453. The van der Waals surface area contributed by atoms with Gasteiger partial charge in [0.1, 0.15) is 0 Å². The highest BCUT2D eigenvalue weighted by Gasteiger charge is 2.22. The van der Waals surface area contributed by atoms with Gasteiger partial charge in [-0.2, -0.15) is 5.10 Å². The highest BCUT2D eigenvalue weighted by atomic mass is 16.5. The summed E-state index contributed by atoms with van der Waals surface area (Å²) in [4.78, 5) is 0. The van der Waals surface area contributed by atoms with Gasteiger partial charge in [0.05, 0.1) is 17.5 Å². The second kappa shape index (κ2) is 5.55. The molecular formula is C15H18N2O2. The molecule has 2 atom stereocenters. The van der Waals surface area contributed by atoms with Crippen LogP contribution in [0.5, 0.6) is 0 Å². The summed E-state index contributed by atoms with van der Waals surface area (Å²) >= 11 is 0. The van der Waals surface area contributed by atoms with Crippen molar-refractivity contribution in [3.63, 3.8) is 0 Å². The molecule has 100 valence electrons. The van der Waals surface area contributed by atoms with Crippen molar-refractivity contribution in [2.45, 2.75) is 18.9 Å². The summed E-state index contributed by atoms with van der Waals surface area (Å²) in [6.07, 6.45) is 3.01. The monoisotopic (exact) mass is 258 g/mol. The second-order valence-electron chi connectivity index (χ2n) is 4.98. The van der Waals surface area contributed by atoms with Crippen LogP contribution in [0.15, 0.2) is 42.6 Å². The fourth-order valence-corrected chi connectivity index (χ4v) is 2.56. The molecule has 0 bridgehead atoms. The normalized spacial score (nSPS) is 20.6. The van der Waals surface area contributed by atoms with Crippen molar-refractivity contribution in [1.29, 1.82) is 0 Å². The molecule has 4 heteroatoms. The van der Waals surface area contributed by atoms with Crippen LogP contribution in [0, 0.1) is 5.92 Å². The van der Waals surface area contributed by atoms with Gasteiger partial charge >= 0.3 is 0 Å². The Morgan fingerprint density at radius 1 is 1.32 bits per heavy atom. The number of aromatic nitrogens is 2. The lowest BCUT2D eigenvalue weighted by atomic mass is 9.99. The predicted molar refractivity (Wildman–Crippen MR) is 72.1 cm³/mol.